The van der Waals surface area contributed by atoms with Crippen LogP contribution in [0.5, 0.6) is 0 Å². The second-order valence-corrected chi connectivity index (χ2v) is 5.32. The fraction of sp³-hybridized carbons (Fsp3) is 0.364. The van der Waals surface area contributed by atoms with Crippen LogP contribution in [0, 0.1) is 5.92 Å². The van der Waals surface area contributed by atoms with Crippen LogP contribution in [0.2, 0.25) is 5.02 Å². The SMILES string of the molecule is CC(O)C1CN(Sc2ccc(Cl)cc2)C1=O. The third-order valence-corrected chi connectivity index (χ3v) is 3.82. The minimum atomic E-state index is -0.561. The molecule has 0 radical (unpaired) electrons. The molecular formula is C11H12ClNO2S. The highest BCUT2D eigenvalue weighted by atomic mass is 35.5. The largest absolute Gasteiger partial charge is 0.393 e. The van der Waals surface area contributed by atoms with Gasteiger partial charge in [-0.15, -0.1) is 0 Å². The van der Waals surface area contributed by atoms with Crippen LogP contribution in [0.4, 0.5) is 0 Å². The minimum absolute atomic E-state index is 0.00468. The van der Waals surface area contributed by atoms with Gasteiger partial charge in [-0.25, -0.2) is 0 Å². The number of benzene rings is 1. The number of carbonyl (C=O) groups excluding carboxylic acids is 1. The first-order valence-corrected chi connectivity index (χ1v) is 6.16. The third kappa shape index (κ3) is 2.34. The van der Waals surface area contributed by atoms with Crippen LogP contribution < -0.4 is 0 Å². The Balaban J connectivity index is 1.93. The molecule has 0 spiro atoms. The monoisotopic (exact) mass is 257 g/mol. The van der Waals surface area contributed by atoms with Gasteiger partial charge in [0.2, 0.25) is 5.91 Å². The number of halogens is 1. The Hall–Kier alpha value is -0.710. The van der Waals surface area contributed by atoms with E-state index in [1.807, 2.05) is 12.1 Å². The molecule has 0 saturated carbocycles. The summed E-state index contributed by atoms with van der Waals surface area (Å²) in [7, 11) is 0. The lowest BCUT2D eigenvalue weighted by Crippen LogP contribution is -2.52. The van der Waals surface area contributed by atoms with Crippen molar-refractivity contribution in [2.24, 2.45) is 5.92 Å². The van der Waals surface area contributed by atoms with E-state index in [-0.39, 0.29) is 11.8 Å². The number of hydrogen-bond donors (Lipinski definition) is 1. The van der Waals surface area contributed by atoms with Gasteiger partial charge in [-0.3, -0.25) is 9.10 Å². The lowest BCUT2D eigenvalue weighted by molar-refractivity contribution is -0.144. The molecule has 1 aromatic carbocycles. The Morgan fingerprint density at radius 3 is 2.62 bits per heavy atom. The van der Waals surface area contributed by atoms with Gasteiger partial charge in [-0.2, -0.15) is 0 Å². The number of aliphatic hydroxyl groups is 1. The summed E-state index contributed by atoms with van der Waals surface area (Å²) in [6.45, 7) is 2.25. The molecule has 16 heavy (non-hydrogen) atoms. The Bertz CT molecular complexity index is 393. The number of amides is 1. The van der Waals surface area contributed by atoms with Crippen molar-refractivity contribution in [3.63, 3.8) is 0 Å². The molecule has 1 aromatic rings. The maximum atomic E-state index is 11.6. The fourth-order valence-electron chi connectivity index (χ4n) is 1.48. The van der Waals surface area contributed by atoms with Crippen LogP contribution in [0.25, 0.3) is 0 Å². The number of nitrogens with zero attached hydrogens (tertiary/aromatic N) is 1. The van der Waals surface area contributed by atoms with Gasteiger partial charge in [-0.05, 0) is 43.1 Å². The quantitative estimate of drug-likeness (QED) is 0.667. The molecule has 3 nitrogen and oxygen atoms in total. The molecular weight excluding hydrogens is 246 g/mol. The van der Waals surface area contributed by atoms with Gasteiger partial charge in [0.15, 0.2) is 0 Å². The number of rotatable bonds is 3. The predicted octanol–water partition coefficient (Wildman–Crippen LogP) is 2.19. The van der Waals surface area contributed by atoms with Gasteiger partial charge < -0.3 is 5.11 Å². The first kappa shape index (κ1) is 11.8. The van der Waals surface area contributed by atoms with Gasteiger partial charge in [0.05, 0.1) is 12.0 Å². The molecule has 1 heterocycles. The summed E-state index contributed by atoms with van der Waals surface area (Å²) in [5.41, 5.74) is 0. The van der Waals surface area contributed by atoms with Gasteiger partial charge >= 0.3 is 0 Å². The molecule has 1 aliphatic rings. The average Bonchev–Trinajstić information content (AvgIpc) is 2.25. The van der Waals surface area contributed by atoms with Gasteiger partial charge in [0, 0.05) is 16.5 Å². The minimum Gasteiger partial charge on any atom is -0.393 e. The van der Waals surface area contributed by atoms with Crippen molar-refractivity contribution >= 4 is 29.5 Å². The van der Waals surface area contributed by atoms with Crippen molar-refractivity contribution in [2.75, 3.05) is 6.54 Å². The number of carbonyl (C=O) groups is 1. The van der Waals surface area contributed by atoms with Gasteiger partial charge in [0.1, 0.15) is 0 Å². The summed E-state index contributed by atoms with van der Waals surface area (Å²) in [6, 6.07) is 7.33. The second kappa shape index (κ2) is 4.65. The van der Waals surface area contributed by atoms with Crippen LogP contribution in [-0.4, -0.2) is 28.0 Å². The first-order chi connectivity index (χ1) is 7.58. The molecule has 2 unspecified atom stereocenters. The first-order valence-electron chi connectivity index (χ1n) is 5.01. The van der Waals surface area contributed by atoms with Crippen molar-refractivity contribution in [1.29, 1.82) is 0 Å². The van der Waals surface area contributed by atoms with E-state index in [1.54, 1.807) is 23.4 Å². The Morgan fingerprint density at radius 1 is 1.50 bits per heavy atom. The molecule has 1 fully saturated rings. The molecule has 5 heteroatoms. The molecule has 86 valence electrons. The van der Waals surface area contributed by atoms with E-state index in [0.717, 1.165) is 4.90 Å². The highest BCUT2D eigenvalue weighted by Crippen LogP contribution is 2.33. The third-order valence-electron chi connectivity index (χ3n) is 2.54. The second-order valence-electron chi connectivity index (χ2n) is 3.79. The summed E-state index contributed by atoms with van der Waals surface area (Å²) in [4.78, 5) is 12.6. The van der Waals surface area contributed by atoms with Crippen molar-refractivity contribution in [3.05, 3.63) is 29.3 Å². The van der Waals surface area contributed by atoms with Crippen LogP contribution >= 0.6 is 23.5 Å². The highest BCUT2D eigenvalue weighted by molar-refractivity contribution is 7.97. The smallest absolute Gasteiger partial charge is 0.240 e. The van der Waals surface area contributed by atoms with E-state index in [2.05, 4.69) is 0 Å². The summed E-state index contributed by atoms with van der Waals surface area (Å²) >= 11 is 7.15. The molecule has 2 atom stereocenters. The zero-order valence-corrected chi connectivity index (χ0v) is 10.3. The van der Waals surface area contributed by atoms with E-state index in [1.165, 1.54) is 11.9 Å². The standard InChI is InChI=1S/C11H12ClNO2S/c1-7(14)10-6-13(11(10)15)16-9-4-2-8(12)3-5-9/h2-5,7,10,14H,6H2,1H3. The number of hydrogen-bond acceptors (Lipinski definition) is 3. The molecule has 0 bridgehead atoms. The molecule has 0 aliphatic carbocycles. The summed E-state index contributed by atoms with van der Waals surface area (Å²) in [5.74, 6) is -0.241. The van der Waals surface area contributed by atoms with Crippen molar-refractivity contribution in [1.82, 2.24) is 4.31 Å². The topological polar surface area (TPSA) is 40.5 Å². The Morgan fingerprint density at radius 2 is 2.12 bits per heavy atom. The summed E-state index contributed by atoms with van der Waals surface area (Å²) in [6.07, 6.45) is -0.561. The van der Waals surface area contributed by atoms with Gasteiger partial charge in [0.25, 0.3) is 0 Å². The molecule has 0 aromatic heterocycles. The normalized spacial score (nSPS) is 21.8. The average molecular weight is 258 g/mol. The summed E-state index contributed by atoms with van der Waals surface area (Å²) < 4.78 is 1.65. The number of aliphatic hydroxyl groups excluding tert-OH is 1. The molecule has 1 amide bonds. The van der Waals surface area contributed by atoms with Crippen LogP contribution in [-0.2, 0) is 4.79 Å². The summed E-state index contributed by atoms with van der Waals surface area (Å²) in [5, 5.41) is 9.97. The van der Waals surface area contributed by atoms with E-state index < -0.39 is 6.10 Å². The maximum absolute atomic E-state index is 11.6. The van der Waals surface area contributed by atoms with Crippen LogP contribution in [0.3, 0.4) is 0 Å². The molecule has 1 aliphatic heterocycles. The van der Waals surface area contributed by atoms with Gasteiger partial charge in [-0.1, -0.05) is 11.6 Å². The number of β-lactam (4-membered cyclic amide) rings is 1. The van der Waals surface area contributed by atoms with Crippen LogP contribution in [0.15, 0.2) is 29.2 Å². The van der Waals surface area contributed by atoms with Crippen molar-refractivity contribution in [2.45, 2.75) is 17.9 Å². The fourth-order valence-corrected chi connectivity index (χ4v) is 2.58. The molecule has 1 N–H and O–H groups in total. The predicted molar refractivity (Wildman–Crippen MR) is 64.2 cm³/mol. The Labute approximate surface area is 104 Å². The highest BCUT2D eigenvalue weighted by Gasteiger charge is 2.40. The van der Waals surface area contributed by atoms with E-state index >= 15 is 0 Å². The molecule has 1 saturated heterocycles. The van der Waals surface area contributed by atoms with Crippen molar-refractivity contribution < 1.29 is 9.90 Å². The Kier molecular flexibility index (Phi) is 3.42. The lowest BCUT2D eigenvalue weighted by atomic mass is 9.96. The van der Waals surface area contributed by atoms with Crippen LogP contribution in [0.1, 0.15) is 6.92 Å². The van der Waals surface area contributed by atoms with E-state index in [0.29, 0.717) is 11.6 Å². The zero-order chi connectivity index (χ0) is 11.7. The lowest BCUT2D eigenvalue weighted by Gasteiger charge is -2.38. The van der Waals surface area contributed by atoms with Crippen molar-refractivity contribution in [3.8, 4) is 0 Å². The van der Waals surface area contributed by atoms with E-state index in [9.17, 15) is 9.90 Å². The molecule has 2 rings (SSSR count). The maximum Gasteiger partial charge on any atom is 0.240 e. The zero-order valence-electron chi connectivity index (χ0n) is 8.76. The van der Waals surface area contributed by atoms with E-state index in [4.69, 9.17) is 11.6 Å².